The van der Waals surface area contributed by atoms with E-state index in [4.69, 9.17) is 16.3 Å². The fraction of sp³-hybridized carbons (Fsp3) is 0.524. The number of fused-ring (bicyclic) bond motifs is 1. The average Bonchev–Trinajstić information content (AvgIpc) is 3.27. The molecule has 0 unspecified atom stereocenters. The third kappa shape index (κ3) is 4.49. The second-order valence-electron chi connectivity index (χ2n) is 8.43. The van der Waals surface area contributed by atoms with E-state index >= 15 is 0 Å². The number of likely N-dealkylation sites (tertiary alicyclic amines) is 1. The highest BCUT2D eigenvalue weighted by Crippen LogP contribution is 2.48. The normalized spacial score (nSPS) is 24.4. The predicted molar refractivity (Wildman–Crippen MR) is 107 cm³/mol. The number of amides is 2. The predicted octanol–water partition coefficient (Wildman–Crippen LogP) is 4.55. The van der Waals surface area contributed by atoms with Gasteiger partial charge >= 0.3 is 6.09 Å². The fourth-order valence-corrected chi connectivity index (χ4v) is 3.87. The van der Waals surface area contributed by atoms with E-state index in [1.54, 1.807) is 52.0 Å². The van der Waals surface area contributed by atoms with Gasteiger partial charge in [0.15, 0.2) is 0 Å². The molecule has 0 radical (unpaired) electrons. The van der Waals surface area contributed by atoms with Gasteiger partial charge in [-0.25, -0.2) is 9.18 Å². The standard InChI is InChI=1S/C21H26ClFN2O3/c1-12(14-7-5-6-8-15(14)22)16(23)11-24-19(26)18-10-13-9-17(13)25(18)20(27)28-21(2,3)4/h5-8,13,17-18H,9-11H2,1-4H3,(H,24,26)/b16-12+/t13-,17-,18+/m1/s1. The molecule has 2 amide bonds. The van der Waals surface area contributed by atoms with Gasteiger partial charge in [0.05, 0.1) is 6.54 Å². The van der Waals surface area contributed by atoms with Crippen molar-refractivity contribution in [2.45, 2.75) is 58.2 Å². The number of nitrogens with zero attached hydrogens (tertiary/aromatic N) is 1. The van der Waals surface area contributed by atoms with Crippen molar-refractivity contribution in [2.24, 2.45) is 5.92 Å². The molecule has 3 rings (SSSR count). The quantitative estimate of drug-likeness (QED) is 0.794. The zero-order valence-electron chi connectivity index (χ0n) is 16.6. The van der Waals surface area contributed by atoms with Crippen LogP contribution in [0.4, 0.5) is 9.18 Å². The third-order valence-corrected chi connectivity index (χ3v) is 5.44. The number of hydrogen-bond donors (Lipinski definition) is 1. The molecule has 1 heterocycles. The lowest BCUT2D eigenvalue weighted by Crippen LogP contribution is -2.49. The molecule has 1 N–H and O–H groups in total. The Hall–Kier alpha value is -2.08. The van der Waals surface area contributed by atoms with E-state index in [-0.39, 0.29) is 18.5 Å². The first-order valence-corrected chi connectivity index (χ1v) is 9.85. The van der Waals surface area contributed by atoms with Gasteiger partial charge in [0, 0.05) is 11.1 Å². The van der Waals surface area contributed by atoms with E-state index < -0.39 is 23.6 Å². The third-order valence-electron chi connectivity index (χ3n) is 5.11. The number of carbonyl (C=O) groups is 2. The molecule has 1 saturated heterocycles. The van der Waals surface area contributed by atoms with Gasteiger partial charge in [-0.3, -0.25) is 9.69 Å². The SMILES string of the molecule is C/C(=C(\F)CNC(=O)[C@@H]1C[C@H]2C[C@H]2N1C(=O)OC(C)(C)C)c1ccccc1Cl. The van der Waals surface area contributed by atoms with Gasteiger partial charge in [0.25, 0.3) is 0 Å². The van der Waals surface area contributed by atoms with Crippen molar-refractivity contribution in [3.63, 3.8) is 0 Å². The van der Waals surface area contributed by atoms with Crippen LogP contribution < -0.4 is 5.32 Å². The summed E-state index contributed by atoms with van der Waals surface area (Å²) < 4.78 is 20.0. The first-order chi connectivity index (χ1) is 13.1. The van der Waals surface area contributed by atoms with Crippen molar-refractivity contribution >= 4 is 29.2 Å². The van der Waals surface area contributed by atoms with Crippen LogP contribution in [0.3, 0.4) is 0 Å². The van der Waals surface area contributed by atoms with Crippen molar-refractivity contribution in [2.75, 3.05) is 6.54 Å². The molecule has 0 bridgehead atoms. The molecular weight excluding hydrogens is 383 g/mol. The number of nitrogens with one attached hydrogen (secondary N) is 1. The van der Waals surface area contributed by atoms with Crippen LogP contribution in [-0.4, -0.2) is 41.1 Å². The Morgan fingerprint density at radius 2 is 1.96 bits per heavy atom. The van der Waals surface area contributed by atoms with E-state index in [2.05, 4.69) is 5.32 Å². The smallest absolute Gasteiger partial charge is 0.411 e. The lowest BCUT2D eigenvalue weighted by molar-refractivity contribution is -0.125. The van der Waals surface area contributed by atoms with E-state index in [0.717, 1.165) is 6.42 Å². The van der Waals surface area contributed by atoms with Crippen LogP contribution in [-0.2, 0) is 9.53 Å². The molecule has 1 aliphatic carbocycles. The minimum atomic E-state index is -0.633. The number of hydrogen-bond acceptors (Lipinski definition) is 3. The molecule has 0 spiro atoms. The first-order valence-electron chi connectivity index (χ1n) is 9.47. The van der Waals surface area contributed by atoms with Gasteiger partial charge < -0.3 is 10.1 Å². The number of piperidine rings is 1. The summed E-state index contributed by atoms with van der Waals surface area (Å²) >= 11 is 6.11. The molecule has 0 aromatic heterocycles. The fourth-order valence-electron chi connectivity index (χ4n) is 3.59. The maximum absolute atomic E-state index is 14.6. The lowest BCUT2D eigenvalue weighted by Gasteiger charge is -2.29. The Bertz CT molecular complexity index is 818. The number of allylic oxidation sites excluding steroid dienone is 1. The second kappa shape index (κ2) is 7.74. The van der Waals surface area contributed by atoms with Crippen LogP contribution in [0.25, 0.3) is 5.57 Å². The second-order valence-corrected chi connectivity index (χ2v) is 8.84. The van der Waals surface area contributed by atoms with Crippen molar-refractivity contribution < 1.29 is 18.7 Å². The molecule has 152 valence electrons. The van der Waals surface area contributed by atoms with Crippen molar-refractivity contribution in [3.8, 4) is 0 Å². The van der Waals surface area contributed by atoms with Crippen molar-refractivity contribution in [1.29, 1.82) is 0 Å². The summed E-state index contributed by atoms with van der Waals surface area (Å²) in [6, 6.07) is 6.40. The number of benzene rings is 1. The zero-order chi connectivity index (χ0) is 20.6. The van der Waals surface area contributed by atoms with Crippen LogP contribution in [0, 0.1) is 5.92 Å². The van der Waals surface area contributed by atoms with Crippen LogP contribution in [0.1, 0.15) is 46.1 Å². The summed E-state index contributed by atoms with van der Waals surface area (Å²) in [5.41, 5.74) is 0.337. The first kappa shape index (κ1) is 20.6. The van der Waals surface area contributed by atoms with Crippen molar-refractivity contribution in [1.82, 2.24) is 10.2 Å². The topological polar surface area (TPSA) is 58.6 Å². The van der Waals surface area contributed by atoms with Gasteiger partial charge in [-0.05, 0) is 63.7 Å². The summed E-state index contributed by atoms with van der Waals surface area (Å²) in [4.78, 5) is 26.7. The molecule has 2 aliphatic rings. The monoisotopic (exact) mass is 408 g/mol. The van der Waals surface area contributed by atoms with Crippen LogP contribution in [0.5, 0.6) is 0 Å². The van der Waals surface area contributed by atoms with Crippen LogP contribution >= 0.6 is 11.6 Å². The molecule has 2 fully saturated rings. The molecule has 3 atom stereocenters. The van der Waals surface area contributed by atoms with Gasteiger partial charge in [-0.2, -0.15) is 0 Å². The summed E-state index contributed by atoms with van der Waals surface area (Å²) in [5.74, 6) is -0.498. The molecule has 1 aromatic carbocycles. The minimum absolute atomic E-state index is 0.0517. The Morgan fingerprint density at radius 1 is 1.29 bits per heavy atom. The summed E-state index contributed by atoms with van der Waals surface area (Å²) in [6.07, 6.45) is 0.994. The maximum Gasteiger partial charge on any atom is 0.411 e. The Morgan fingerprint density at radius 3 is 2.61 bits per heavy atom. The highest BCUT2D eigenvalue weighted by Gasteiger charge is 2.57. The van der Waals surface area contributed by atoms with E-state index in [1.165, 1.54) is 4.90 Å². The molecule has 1 saturated carbocycles. The van der Waals surface area contributed by atoms with Gasteiger partial charge in [-0.15, -0.1) is 0 Å². The highest BCUT2D eigenvalue weighted by atomic mass is 35.5. The van der Waals surface area contributed by atoms with Gasteiger partial charge in [0.1, 0.15) is 17.5 Å². The number of carbonyl (C=O) groups excluding carboxylic acids is 2. The van der Waals surface area contributed by atoms with Crippen LogP contribution in [0.15, 0.2) is 30.1 Å². The summed E-state index contributed by atoms with van der Waals surface area (Å²) in [7, 11) is 0. The zero-order valence-corrected chi connectivity index (χ0v) is 17.3. The summed E-state index contributed by atoms with van der Waals surface area (Å²) in [6.45, 7) is 6.75. The Balaban J connectivity index is 1.65. The lowest BCUT2D eigenvalue weighted by atomic mass is 10.1. The molecule has 1 aromatic rings. The van der Waals surface area contributed by atoms with Crippen LogP contribution in [0.2, 0.25) is 5.02 Å². The number of ether oxygens (including phenoxy) is 1. The number of rotatable bonds is 4. The molecule has 1 aliphatic heterocycles. The Kier molecular flexibility index (Phi) is 5.71. The highest BCUT2D eigenvalue weighted by molar-refractivity contribution is 6.32. The van der Waals surface area contributed by atoms with Gasteiger partial charge in [0.2, 0.25) is 5.91 Å². The van der Waals surface area contributed by atoms with Crippen molar-refractivity contribution in [3.05, 3.63) is 40.7 Å². The summed E-state index contributed by atoms with van der Waals surface area (Å²) in [5, 5.41) is 3.07. The largest absolute Gasteiger partial charge is 0.444 e. The van der Waals surface area contributed by atoms with Gasteiger partial charge in [-0.1, -0.05) is 29.8 Å². The van der Waals surface area contributed by atoms with E-state index in [9.17, 15) is 14.0 Å². The maximum atomic E-state index is 14.6. The molecular formula is C21H26ClFN2O3. The Labute approximate surface area is 169 Å². The van der Waals surface area contributed by atoms with E-state index in [1.807, 2.05) is 0 Å². The van der Waals surface area contributed by atoms with E-state index in [0.29, 0.717) is 28.5 Å². The minimum Gasteiger partial charge on any atom is -0.444 e. The number of halogens is 2. The molecule has 5 nitrogen and oxygen atoms in total. The molecule has 28 heavy (non-hydrogen) atoms. The average molecular weight is 409 g/mol. The molecule has 7 heteroatoms.